The molecule has 1 rings (SSSR count). The van der Waals surface area contributed by atoms with Crippen molar-refractivity contribution < 1.29 is 18.3 Å². The van der Waals surface area contributed by atoms with Gasteiger partial charge in [0.2, 0.25) is 0 Å². The molecule has 1 atom stereocenters. The van der Waals surface area contributed by atoms with Gasteiger partial charge in [0.05, 0.1) is 12.5 Å². The van der Waals surface area contributed by atoms with Crippen LogP contribution in [0.15, 0.2) is 28.7 Å². The van der Waals surface area contributed by atoms with Crippen molar-refractivity contribution in [3.8, 4) is 0 Å². The van der Waals surface area contributed by atoms with Crippen molar-refractivity contribution in [3.63, 3.8) is 0 Å². The molecule has 0 fully saturated rings. The molecule has 1 aromatic carbocycles. The molecule has 18 heavy (non-hydrogen) atoms. The third kappa shape index (κ3) is 5.84. The first kappa shape index (κ1) is 15.5. The number of aliphatic hydroxyl groups excluding tert-OH is 1. The molecule has 102 valence electrons. The van der Waals surface area contributed by atoms with Crippen molar-refractivity contribution in [2.75, 3.05) is 20.1 Å². The van der Waals surface area contributed by atoms with Crippen molar-refractivity contribution in [1.82, 2.24) is 4.90 Å². The molecule has 0 saturated heterocycles. The van der Waals surface area contributed by atoms with E-state index in [1.165, 1.54) is 4.90 Å². The Morgan fingerprint density at radius 2 is 2.06 bits per heavy atom. The Bertz CT molecular complexity index is 384. The second-order valence-corrected chi connectivity index (χ2v) is 5.11. The van der Waals surface area contributed by atoms with E-state index in [1.54, 1.807) is 25.2 Å². The van der Waals surface area contributed by atoms with Gasteiger partial charge in [-0.1, -0.05) is 28.1 Å². The first-order valence-corrected chi connectivity index (χ1v) is 6.26. The number of rotatable bonds is 5. The van der Waals surface area contributed by atoms with Crippen LogP contribution >= 0.6 is 15.9 Å². The molecule has 0 aliphatic rings. The van der Waals surface area contributed by atoms with E-state index in [0.717, 1.165) is 4.47 Å². The largest absolute Gasteiger partial charge is 0.390 e. The molecule has 0 bridgehead atoms. The molecule has 6 heteroatoms. The number of benzene rings is 1. The maximum absolute atomic E-state index is 12.0. The Morgan fingerprint density at radius 3 is 2.61 bits per heavy atom. The van der Waals surface area contributed by atoms with Gasteiger partial charge >= 0.3 is 6.18 Å². The summed E-state index contributed by atoms with van der Waals surface area (Å²) in [6.45, 7) is 0.0566. The Morgan fingerprint density at radius 1 is 1.39 bits per heavy atom. The fourth-order valence-corrected chi connectivity index (χ4v) is 1.94. The minimum absolute atomic E-state index is 0.117. The highest BCUT2D eigenvalue weighted by molar-refractivity contribution is 9.10. The highest BCUT2D eigenvalue weighted by Gasteiger charge is 2.27. The van der Waals surface area contributed by atoms with E-state index in [2.05, 4.69) is 15.9 Å². The van der Waals surface area contributed by atoms with E-state index in [0.29, 0.717) is 5.56 Å². The van der Waals surface area contributed by atoms with E-state index in [-0.39, 0.29) is 13.1 Å². The van der Waals surface area contributed by atoms with Gasteiger partial charge in [0.25, 0.3) is 0 Å². The van der Waals surface area contributed by atoms with Gasteiger partial charge in [-0.3, -0.25) is 0 Å². The van der Waals surface area contributed by atoms with Gasteiger partial charge in [0, 0.05) is 17.6 Å². The van der Waals surface area contributed by atoms with Gasteiger partial charge in [-0.2, -0.15) is 13.2 Å². The predicted molar refractivity (Wildman–Crippen MR) is 67.3 cm³/mol. The molecular formula is C12H15BrF3NO. The lowest BCUT2D eigenvalue weighted by Gasteiger charge is -2.21. The van der Waals surface area contributed by atoms with Crippen LogP contribution in [0, 0.1) is 0 Å². The Balaban J connectivity index is 2.47. The molecule has 1 unspecified atom stereocenters. The second kappa shape index (κ2) is 6.54. The molecule has 0 spiro atoms. The SMILES string of the molecule is CN(CCC(F)(F)F)CC(O)c1cccc(Br)c1. The molecule has 1 aromatic rings. The van der Waals surface area contributed by atoms with E-state index >= 15 is 0 Å². The molecule has 0 aromatic heterocycles. The highest BCUT2D eigenvalue weighted by atomic mass is 79.9. The van der Waals surface area contributed by atoms with Crippen LogP contribution < -0.4 is 0 Å². The number of alkyl halides is 3. The predicted octanol–water partition coefficient (Wildman–Crippen LogP) is 3.37. The smallest absolute Gasteiger partial charge is 0.387 e. The average Bonchev–Trinajstić information content (AvgIpc) is 2.25. The minimum atomic E-state index is -4.16. The zero-order valence-corrected chi connectivity index (χ0v) is 11.5. The molecule has 0 heterocycles. The third-order valence-electron chi connectivity index (χ3n) is 2.50. The fraction of sp³-hybridized carbons (Fsp3) is 0.500. The van der Waals surface area contributed by atoms with E-state index in [4.69, 9.17) is 0 Å². The number of hydrogen-bond donors (Lipinski definition) is 1. The molecule has 1 N–H and O–H groups in total. The summed E-state index contributed by atoms with van der Waals surface area (Å²) in [6, 6.07) is 7.09. The van der Waals surface area contributed by atoms with Crippen LogP contribution in [0.3, 0.4) is 0 Å². The summed E-state index contributed by atoms with van der Waals surface area (Å²) in [5, 5.41) is 9.90. The summed E-state index contributed by atoms with van der Waals surface area (Å²) in [4.78, 5) is 1.47. The number of nitrogens with zero attached hydrogens (tertiary/aromatic N) is 1. The Kier molecular flexibility index (Phi) is 5.62. The summed E-state index contributed by atoms with van der Waals surface area (Å²) >= 11 is 3.28. The van der Waals surface area contributed by atoms with Crippen LogP contribution in [0.4, 0.5) is 13.2 Å². The van der Waals surface area contributed by atoms with Crippen molar-refractivity contribution >= 4 is 15.9 Å². The van der Waals surface area contributed by atoms with E-state index in [1.807, 2.05) is 6.07 Å². The highest BCUT2D eigenvalue weighted by Crippen LogP contribution is 2.21. The van der Waals surface area contributed by atoms with Gasteiger partial charge in [0.15, 0.2) is 0 Å². The third-order valence-corrected chi connectivity index (χ3v) is 2.99. The molecule has 0 aliphatic carbocycles. The molecular weight excluding hydrogens is 311 g/mol. The van der Waals surface area contributed by atoms with Gasteiger partial charge < -0.3 is 10.0 Å². The summed E-state index contributed by atoms with van der Waals surface area (Å²) in [7, 11) is 1.56. The van der Waals surface area contributed by atoms with E-state index < -0.39 is 18.7 Å². The van der Waals surface area contributed by atoms with Crippen LogP contribution in [-0.2, 0) is 0 Å². The zero-order chi connectivity index (χ0) is 13.8. The first-order valence-electron chi connectivity index (χ1n) is 5.47. The van der Waals surface area contributed by atoms with Crippen molar-refractivity contribution in [2.45, 2.75) is 18.7 Å². The summed E-state index contributed by atoms with van der Waals surface area (Å²) < 4.78 is 36.9. The molecule has 0 amide bonds. The van der Waals surface area contributed by atoms with Crippen LogP contribution in [0.1, 0.15) is 18.1 Å². The van der Waals surface area contributed by atoms with Crippen molar-refractivity contribution in [3.05, 3.63) is 34.3 Å². The van der Waals surface area contributed by atoms with Crippen LogP contribution in [0.2, 0.25) is 0 Å². The minimum Gasteiger partial charge on any atom is -0.387 e. The summed E-state index contributed by atoms with van der Waals surface area (Å²) in [5.41, 5.74) is 0.684. The van der Waals surface area contributed by atoms with Gasteiger partial charge in [0.1, 0.15) is 0 Å². The molecule has 0 radical (unpaired) electrons. The number of likely N-dealkylation sites (N-methyl/N-ethyl adjacent to an activating group) is 1. The zero-order valence-electron chi connectivity index (χ0n) is 9.91. The Labute approximate surface area is 113 Å². The summed E-state index contributed by atoms with van der Waals surface area (Å²) in [6.07, 6.45) is -5.82. The molecule has 2 nitrogen and oxygen atoms in total. The maximum Gasteiger partial charge on any atom is 0.390 e. The quantitative estimate of drug-likeness (QED) is 0.897. The van der Waals surface area contributed by atoms with Gasteiger partial charge in [-0.15, -0.1) is 0 Å². The van der Waals surface area contributed by atoms with Gasteiger partial charge in [-0.05, 0) is 24.7 Å². The Hall–Kier alpha value is -0.590. The fourth-order valence-electron chi connectivity index (χ4n) is 1.52. The maximum atomic E-state index is 12.0. The lowest BCUT2D eigenvalue weighted by molar-refractivity contribution is -0.137. The normalized spacial score (nSPS) is 13.9. The lowest BCUT2D eigenvalue weighted by atomic mass is 10.1. The average molecular weight is 326 g/mol. The molecule has 0 saturated carbocycles. The van der Waals surface area contributed by atoms with Crippen molar-refractivity contribution in [2.24, 2.45) is 0 Å². The summed E-state index contributed by atoms with van der Waals surface area (Å²) in [5.74, 6) is 0. The first-order chi connectivity index (χ1) is 8.28. The van der Waals surface area contributed by atoms with E-state index in [9.17, 15) is 18.3 Å². The monoisotopic (exact) mass is 325 g/mol. The number of aliphatic hydroxyl groups is 1. The van der Waals surface area contributed by atoms with Crippen LogP contribution in [-0.4, -0.2) is 36.3 Å². The van der Waals surface area contributed by atoms with Crippen LogP contribution in [0.5, 0.6) is 0 Å². The number of halogens is 4. The van der Waals surface area contributed by atoms with Gasteiger partial charge in [-0.25, -0.2) is 0 Å². The topological polar surface area (TPSA) is 23.5 Å². The second-order valence-electron chi connectivity index (χ2n) is 4.20. The lowest BCUT2D eigenvalue weighted by Crippen LogP contribution is -2.28. The number of hydrogen-bond acceptors (Lipinski definition) is 2. The molecule has 0 aliphatic heterocycles. The van der Waals surface area contributed by atoms with Crippen molar-refractivity contribution in [1.29, 1.82) is 0 Å². The van der Waals surface area contributed by atoms with Crippen LogP contribution in [0.25, 0.3) is 0 Å². The standard InChI is InChI=1S/C12H15BrF3NO/c1-17(6-5-12(14,15)16)8-11(18)9-3-2-4-10(13)7-9/h2-4,7,11,18H,5-6,8H2,1H3.